The molecule has 1 aromatic carbocycles. The zero-order chi connectivity index (χ0) is 19.2. The number of esters is 1. The van der Waals surface area contributed by atoms with E-state index in [-0.39, 0.29) is 6.04 Å². The predicted octanol–water partition coefficient (Wildman–Crippen LogP) is 4.92. The van der Waals surface area contributed by atoms with Crippen LogP contribution in [0.4, 0.5) is 5.82 Å². The first-order valence-electron chi connectivity index (χ1n) is 9.10. The number of pyridine rings is 1. The molecule has 2 atom stereocenters. The number of aromatic nitrogens is 1. The van der Waals surface area contributed by atoms with Gasteiger partial charge in [-0.15, -0.1) is 0 Å². The van der Waals surface area contributed by atoms with Crippen LogP contribution in [0, 0.1) is 0 Å². The number of alkyl halides is 1. The minimum absolute atomic E-state index is 0.262. The maximum absolute atomic E-state index is 11.8. The average Bonchev–Trinajstić information content (AvgIpc) is 2.70. The first-order chi connectivity index (χ1) is 13.1. The summed E-state index contributed by atoms with van der Waals surface area (Å²) in [5, 5.41) is 3.88. The van der Waals surface area contributed by atoms with Gasteiger partial charge >= 0.3 is 5.97 Å². The lowest BCUT2D eigenvalue weighted by Crippen LogP contribution is -2.42. The smallest absolute Gasteiger partial charge is 0.339 e. The number of nitrogens with one attached hydrogen (secondary N) is 1. The molecule has 2 heterocycles. The summed E-state index contributed by atoms with van der Waals surface area (Å²) >= 11 is 8.84. The highest BCUT2D eigenvalue weighted by molar-refractivity contribution is 14.1. The van der Waals surface area contributed by atoms with Crippen molar-refractivity contribution in [3.63, 3.8) is 0 Å². The number of nitrogens with zero attached hydrogens (tertiary/aromatic N) is 2. The Balaban J connectivity index is 1.64. The third-order valence-electron chi connectivity index (χ3n) is 4.54. The van der Waals surface area contributed by atoms with E-state index >= 15 is 0 Å². The van der Waals surface area contributed by atoms with Gasteiger partial charge in [-0.1, -0.05) is 64.5 Å². The van der Waals surface area contributed by atoms with Crippen LogP contribution in [0.1, 0.15) is 39.7 Å². The molecule has 1 saturated heterocycles. The number of anilines is 1. The molecule has 0 bridgehead atoms. The molecule has 7 heteroatoms. The Labute approximate surface area is 178 Å². The van der Waals surface area contributed by atoms with Crippen molar-refractivity contribution >= 4 is 46.0 Å². The summed E-state index contributed by atoms with van der Waals surface area (Å²) in [5.41, 5.74) is 1.68. The predicted molar refractivity (Wildman–Crippen MR) is 117 cm³/mol. The number of rotatable bonds is 6. The Morgan fingerprint density at radius 3 is 2.93 bits per heavy atom. The van der Waals surface area contributed by atoms with Gasteiger partial charge in [0.15, 0.2) is 0 Å². The molecule has 1 aromatic heterocycles. The van der Waals surface area contributed by atoms with Crippen LogP contribution in [0.2, 0.25) is 5.02 Å². The third kappa shape index (κ3) is 5.33. The van der Waals surface area contributed by atoms with Gasteiger partial charge in [-0.25, -0.2) is 9.78 Å². The highest BCUT2D eigenvalue weighted by atomic mass is 127. The van der Waals surface area contributed by atoms with Crippen molar-refractivity contribution in [2.24, 2.45) is 0 Å². The molecule has 0 spiro atoms. The molecule has 1 fully saturated rings. The van der Waals surface area contributed by atoms with E-state index in [0.717, 1.165) is 25.9 Å². The minimum atomic E-state index is -0.405. The molecular formula is C20H23ClIN3O2. The second-order valence-electron chi connectivity index (χ2n) is 6.50. The first-order valence-corrected chi connectivity index (χ1v) is 10.7. The molecule has 0 amide bonds. The quantitative estimate of drug-likeness (QED) is 0.265. The topological polar surface area (TPSA) is 54.5 Å². The largest absolute Gasteiger partial charge is 0.462 e. The van der Waals surface area contributed by atoms with Gasteiger partial charge in [0.25, 0.3) is 0 Å². The molecule has 0 radical (unpaired) electrons. The average molecular weight is 500 g/mol. The van der Waals surface area contributed by atoms with Gasteiger partial charge in [0.2, 0.25) is 0 Å². The van der Waals surface area contributed by atoms with E-state index in [0.29, 0.717) is 27.1 Å². The van der Waals surface area contributed by atoms with Crippen LogP contribution >= 0.6 is 34.2 Å². The maximum Gasteiger partial charge on any atom is 0.339 e. The second kappa shape index (κ2) is 9.71. The molecule has 0 saturated carbocycles. The lowest BCUT2D eigenvalue weighted by molar-refractivity contribution is 0.0526. The fourth-order valence-corrected chi connectivity index (χ4v) is 4.36. The van der Waals surface area contributed by atoms with Crippen molar-refractivity contribution in [3.8, 4) is 0 Å². The Kier molecular flexibility index (Phi) is 7.32. The fraction of sp³-hybridized carbons (Fsp3) is 0.400. The molecule has 5 nitrogen and oxygen atoms in total. The van der Waals surface area contributed by atoms with Gasteiger partial charge in [0.1, 0.15) is 5.82 Å². The van der Waals surface area contributed by atoms with Crippen molar-refractivity contribution < 1.29 is 9.53 Å². The van der Waals surface area contributed by atoms with Gasteiger partial charge in [-0.2, -0.15) is 0 Å². The normalized spacial score (nSPS) is 18.7. The summed E-state index contributed by atoms with van der Waals surface area (Å²) in [6.07, 6.45) is 3.69. The van der Waals surface area contributed by atoms with E-state index in [2.05, 4.69) is 62.1 Å². The lowest BCUT2D eigenvalue weighted by atomic mass is 10.0. The van der Waals surface area contributed by atoms with E-state index < -0.39 is 5.97 Å². The molecule has 1 aliphatic rings. The Hall–Kier alpha value is -1.38. The SMILES string of the molecule is CCOC(=O)c1cnc(N[C@@H]2CCCN(C(I)c3ccccc3)C2)c(Cl)c1. The van der Waals surface area contributed by atoms with Crippen LogP contribution in [0.15, 0.2) is 42.6 Å². The highest BCUT2D eigenvalue weighted by Crippen LogP contribution is 2.31. The van der Waals surface area contributed by atoms with Gasteiger partial charge in [0, 0.05) is 18.8 Å². The molecule has 1 aliphatic heterocycles. The Bertz CT molecular complexity index is 775. The minimum Gasteiger partial charge on any atom is -0.462 e. The second-order valence-corrected chi connectivity index (χ2v) is 8.09. The van der Waals surface area contributed by atoms with Crippen LogP contribution in [-0.4, -0.2) is 41.6 Å². The highest BCUT2D eigenvalue weighted by Gasteiger charge is 2.26. The van der Waals surface area contributed by atoms with Gasteiger partial charge < -0.3 is 10.1 Å². The first kappa shape index (κ1) is 20.4. The number of carbonyl (C=O) groups excluding carboxylic acids is 1. The van der Waals surface area contributed by atoms with E-state index in [1.165, 1.54) is 11.8 Å². The van der Waals surface area contributed by atoms with Crippen molar-refractivity contribution in [3.05, 3.63) is 58.7 Å². The van der Waals surface area contributed by atoms with Crippen LogP contribution in [-0.2, 0) is 4.74 Å². The summed E-state index contributed by atoms with van der Waals surface area (Å²) in [6.45, 7) is 4.09. The van der Waals surface area contributed by atoms with E-state index in [1.54, 1.807) is 13.0 Å². The van der Waals surface area contributed by atoms with E-state index in [4.69, 9.17) is 16.3 Å². The Morgan fingerprint density at radius 2 is 2.22 bits per heavy atom. The molecular weight excluding hydrogens is 477 g/mol. The standard InChI is InChI=1S/C20H23ClIN3O2/c1-2-27-20(26)15-11-17(21)19(23-12-15)24-16-9-6-10-25(13-16)18(22)14-7-4-3-5-8-14/h3-5,7-8,11-12,16,18H,2,6,9-10,13H2,1H3,(H,23,24)/t16-,18?/m1/s1. The van der Waals surface area contributed by atoms with Gasteiger partial charge in [-0.3, -0.25) is 4.90 Å². The van der Waals surface area contributed by atoms with Crippen molar-refractivity contribution in [1.82, 2.24) is 9.88 Å². The van der Waals surface area contributed by atoms with Crippen LogP contribution in [0.25, 0.3) is 0 Å². The molecule has 1 N–H and O–H groups in total. The number of ether oxygens (including phenoxy) is 1. The number of carbonyl (C=O) groups is 1. The maximum atomic E-state index is 11.8. The molecule has 144 valence electrons. The van der Waals surface area contributed by atoms with E-state index in [1.807, 2.05) is 6.07 Å². The summed E-state index contributed by atoms with van der Waals surface area (Å²) in [7, 11) is 0. The lowest BCUT2D eigenvalue weighted by Gasteiger charge is -2.36. The zero-order valence-electron chi connectivity index (χ0n) is 15.2. The molecule has 3 rings (SSSR count). The number of likely N-dealkylation sites (tertiary alicyclic amines) is 1. The number of benzene rings is 1. The summed E-state index contributed by atoms with van der Waals surface area (Å²) < 4.78 is 5.33. The molecule has 27 heavy (non-hydrogen) atoms. The van der Waals surface area contributed by atoms with Crippen molar-refractivity contribution in [2.45, 2.75) is 29.9 Å². The molecule has 2 aromatic rings. The van der Waals surface area contributed by atoms with Crippen LogP contribution in [0.5, 0.6) is 0 Å². The Morgan fingerprint density at radius 1 is 1.44 bits per heavy atom. The number of halogens is 2. The zero-order valence-corrected chi connectivity index (χ0v) is 18.1. The van der Waals surface area contributed by atoms with Crippen LogP contribution in [0.3, 0.4) is 0 Å². The molecule has 0 aliphatic carbocycles. The number of hydrogen-bond acceptors (Lipinski definition) is 5. The molecule has 1 unspecified atom stereocenters. The van der Waals surface area contributed by atoms with Crippen molar-refractivity contribution in [1.29, 1.82) is 0 Å². The summed E-state index contributed by atoms with van der Waals surface area (Å²) in [6, 6.07) is 12.4. The van der Waals surface area contributed by atoms with Crippen molar-refractivity contribution in [2.75, 3.05) is 25.0 Å². The monoisotopic (exact) mass is 499 g/mol. The van der Waals surface area contributed by atoms with Gasteiger partial charge in [0.05, 0.1) is 21.2 Å². The van der Waals surface area contributed by atoms with Crippen LogP contribution < -0.4 is 5.32 Å². The fourth-order valence-electron chi connectivity index (χ4n) is 3.22. The number of hydrogen-bond donors (Lipinski definition) is 1. The van der Waals surface area contributed by atoms with Gasteiger partial charge in [-0.05, 0) is 37.9 Å². The third-order valence-corrected chi connectivity index (χ3v) is 6.34. The summed E-state index contributed by atoms with van der Waals surface area (Å²) in [4.78, 5) is 18.6. The van der Waals surface area contributed by atoms with E-state index in [9.17, 15) is 4.79 Å². The summed E-state index contributed by atoms with van der Waals surface area (Å²) in [5.74, 6) is 0.208. The number of piperidine rings is 1.